The van der Waals surface area contributed by atoms with Crippen molar-refractivity contribution >= 4 is 11.7 Å². The molecule has 1 amide bonds. The number of nitrogens with zero attached hydrogens (tertiary/aromatic N) is 1. The molecule has 2 heterocycles. The predicted octanol–water partition coefficient (Wildman–Crippen LogP) is 1.59. The first-order valence-electron chi connectivity index (χ1n) is 3.83. The zero-order valence-corrected chi connectivity index (χ0v) is 6.85. The summed E-state index contributed by atoms with van der Waals surface area (Å²) < 4.78 is 37.2. The number of aromatic nitrogens is 1. The fourth-order valence-corrected chi connectivity index (χ4v) is 1.38. The first-order valence-corrected chi connectivity index (χ1v) is 3.83. The highest BCUT2D eigenvalue weighted by Crippen LogP contribution is 2.36. The molecule has 0 fully saturated rings. The fraction of sp³-hybridized carbons (Fsp3) is 0.250. The van der Waals surface area contributed by atoms with E-state index in [1.54, 1.807) is 0 Å². The smallest absolute Gasteiger partial charge is 0.310 e. The van der Waals surface area contributed by atoms with Crippen molar-refractivity contribution in [2.45, 2.75) is 12.6 Å². The van der Waals surface area contributed by atoms with Gasteiger partial charge in [0.15, 0.2) is 0 Å². The summed E-state index contributed by atoms with van der Waals surface area (Å²) in [4.78, 5) is 14.5. The van der Waals surface area contributed by atoms with E-state index in [1.807, 2.05) is 0 Å². The van der Waals surface area contributed by atoms with Crippen molar-refractivity contribution in [2.75, 3.05) is 5.32 Å². The molecule has 1 aliphatic rings. The number of halogens is 3. The van der Waals surface area contributed by atoms with Gasteiger partial charge in [-0.2, -0.15) is 13.2 Å². The lowest BCUT2D eigenvalue weighted by atomic mass is 10.1. The van der Waals surface area contributed by atoms with E-state index < -0.39 is 17.6 Å². The molecule has 0 saturated carbocycles. The van der Waals surface area contributed by atoms with Gasteiger partial charge in [-0.25, -0.2) is 4.98 Å². The SMILES string of the molecule is O=C1Cc2c(C(F)(F)F)ccnc2N1. The molecule has 0 aliphatic carbocycles. The van der Waals surface area contributed by atoms with Crippen LogP contribution < -0.4 is 5.32 Å². The summed E-state index contributed by atoms with van der Waals surface area (Å²) >= 11 is 0. The highest BCUT2D eigenvalue weighted by atomic mass is 19.4. The van der Waals surface area contributed by atoms with Gasteiger partial charge in [0.25, 0.3) is 0 Å². The monoisotopic (exact) mass is 202 g/mol. The molecule has 0 spiro atoms. The maximum absolute atomic E-state index is 12.4. The third-order valence-electron chi connectivity index (χ3n) is 1.96. The molecule has 1 N–H and O–H groups in total. The van der Waals surface area contributed by atoms with Crippen LogP contribution in [0.15, 0.2) is 12.3 Å². The molecule has 0 atom stereocenters. The summed E-state index contributed by atoms with van der Waals surface area (Å²) in [6.07, 6.45) is -3.65. The summed E-state index contributed by atoms with van der Waals surface area (Å²) in [7, 11) is 0. The Morgan fingerprint density at radius 2 is 2.14 bits per heavy atom. The Bertz CT molecular complexity index is 400. The average molecular weight is 202 g/mol. The van der Waals surface area contributed by atoms with Crippen LogP contribution in [0.2, 0.25) is 0 Å². The lowest BCUT2D eigenvalue weighted by molar-refractivity contribution is -0.138. The standard InChI is InChI=1S/C8H5F3N2O/c9-8(10,11)5-1-2-12-7-4(5)3-6(14)13-7/h1-2H,3H2,(H,12,13,14). The molecule has 3 nitrogen and oxygen atoms in total. The van der Waals surface area contributed by atoms with Gasteiger partial charge in [-0.15, -0.1) is 0 Å². The normalized spacial score (nSPS) is 15.2. The van der Waals surface area contributed by atoms with Gasteiger partial charge < -0.3 is 5.32 Å². The van der Waals surface area contributed by atoms with Gasteiger partial charge in [-0.3, -0.25) is 4.79 Å². The Hall–Kier alpha value is -1.59. The van der Waals surface area contributed by atoms with Crippen molar-refractivity contribution in [3.8, 4) is 0 Å². The number of anilines is 1. The first kappa shape index (κ1) is 8.98. The van der Waals surface area contributed by atoms with Crippen LogP contribution in [0.4, 0.5) is 19.0 Å². The van der Waals surface area contributed by atoms with Crippen LogP contribution in [0.1, 0.15) is 11.1 Å². The van der Waals surface area contributed by atoms with Crippen LogP contribution in [0.5, 0.6) is 0 Å². The Balaban J connectivity index is 2.55. The van der Waals surface area contributed by atoms with Gasteiger partial charge in [-0.05, 0) is 6.07 Å². The highest BCUT2D eigenvalue weighted by Gasteiger charge is 2.37. The summed E-state index contributed by atoms with van der Waals surface area (Å²) in [6.45, 7) is 0. The summed E-state index contributed by atoms with van der Waals surface area (Å²) in [5, 5.41) is 2.26. The molecule has 0 aromatic carbocycles. The molecule has 74 valence electrons. The Morgan fingerprint density at radius 3 is 2.79 bits per heavy atom. The minimum atomic E-state index is -4.43. The predicted molar refractivity (Wildman–Crippen MR) is 41.6 cm³/mol. The van der Waals surface area contributed by atoms with Crippen LogP contribution in [0.25, 0.3) is 0 Å². The van der Waals surface area contributed by atoms with Crippen LogP contribution >= 0.6 is 0 Å². The van der Waals surface area contributed by atoms with Crippen molar-refractivity contribution < 1.29 is 18.0 Å². The molecule has 2 rings (SSSR count). The van der Waals surface area contributed by atoms with E-state index in [2.05, 4.69) is 10.3 Å². The summed E-state index contributed by atoms with van der Waals surface area (Å²) in [6, 6.07) is 0.874. The average Bonchev–Trinajstić information content (AvgIpc) is 2.41. The largest absolute Gasteiger partial charge is 0.416 e. The lowest BCUT2D eigenvalue weighted by Gasteiger charge is -2.09. The fourth-order valence-electron chi connectivity index (χ4n) is 1.38. The molecule has 1 aromatic heterocycles. The number of carbonyl (C=O) groups excluding carboxylic acids is 1. The van der Waals surface area contributed by atoms with E-state index in [4.69, 9.17) is 0 Å². The topological polar surface area (TPSA) is 42.0 Å². The lowest BCUT2D eigenvalue weighted by Crippen LogP contribution is -2.09. The van der Waals surface area contributed by atoms with Crippen LogP contribution in [0.3, 0.4) is 0 Å². The third kappa shape index (κ3) is 1.32. The Labute approximate surface area is 76.9 Å². The molecule has 14 heavy (non-hydrogen) atoms. The van der Waals surface area contributed by atoms with Crippen molar-refractivity contribution in [2.24, 2.45) is 0 Å². The number of alkyl halides is 3. The number of pyridine rings is 1. The number of fused-ring (bicyclic) bond motifs is 1. The molecule has 6 heteroatoms. The Kier molecular flexibility index (Phi) is 1.73. The summed E-state index contributed by atoms with van der Waals surface area (Å²) in [5.41, 5.74) is -0.856. The van der Waals surface area contributed by atoms with Crippen LogP contribution in [-0.2, 0) is 17.4 Å². The first-order chi connectivity index (χ1) is 6.48. The molecule has 1 aromatic rings. The van der Waals surface area contributed by atoms with E-state index in [-0.39, 0.29) is 17.8 Å². The molecular weight excluding hydrogens is 197 g/mol. The van der Waals surface area contributed by atoms with Gasteiger partial charge in [0.2, 0.25) is 5.91 Å². The number of hydrogen-bond donors (Lipinski definition) is 1. The molecule has 0 unspecified atom stereocenters. The molecule has 0 saturated heterocycles. The second kappa shape index (κ2) is 2.70. The van der Waals surface area contributed by atoms with Crippen molar-refractivity contribution in [3.05, 3.63) is 23.4 Å². The number of rotatable bonds is 0. The highest BCUT2D eigenvalue weighted by molar-refractivity contribution is 5.98. The van der Waals surface area contributed by atoms with Crippen molar-refractivity contribution in [1.82, 2.24) is 4.98 Å². The van der Waals surface area contributed by atoms with E-state index in [1.165, 1.54) is 0 Å². The van der Waals surface area contributed by atoms with Gasteiger partial charge >= 0.3 is 6.18 Å². The van der Waals surface area contributed by atoms with E-state index >= 15 is 0 Å². The van der Waals surface area contributed by atoms with E-state index in [9.17, 15) is 18.0 Å². The van der Waals surface area contributed by atoms with E-state index in [0.29, 0.717) is 0 Å². The third-order valence-corrected chi connectivity index (χ3v) is 1.96. The maximum Gasteiger partial charge on any atom is 0.416 e. The number of carbonyl (C=O) groups is 1. The zero-order chi connectivity index (χ0) is 10.3. The van der Waals surface area contributed by atoms with Crippen molar-refractivity contribution in [1.29, 1.82) is 0 Å². The quantitative estimate of drug-likeness (QED) is 0.694. The van der Waals surface area contributed by atoms with Gasteiger partial charge in [0.05, 0.1) is 12.0 Å². The second-order valence-corrected chi connectivity index (χ2v) is 2.91. The number of nitrogens with one attached hydrogen (secondary N) is 1. The Morgan fingerprint density at radius 1 is 1.43 bits per heavy atom. The summed E-state index contributed by atoms with van der Waals surface area (Å²) in [5.74, 6) is -0.436. The number of hydrogen-bond acceptors (Lipinski definition) is 2. The van der Waals surface area contributed by atoms with Crippen LogP contribution in [0, 0.1) is 0 Å². The second-order valence-electron chi connectivity index (χ2n) is 2.91. The minimum absolute atomic E-state index is 0.0184. The molecule has 0 radical (unpaired) electrons. The van der Waals surface area contributed by atoms with Gasteiger partial charge in [0.1, 0.15) is 5.82 Å². The zero-order valence-electron chi connectivity index (χ0n) is 6.85. The minimum Gasteiger partial charge on any atom is -0.310 e. The molecule has 1 aliphatic heterocycles. The molecular formula is C8H5F3N2O. The van der Waals surface area contributed by atoms with Crippen molar-refractivity contribution in [3.63, 3.8) is 0 Å². The number of amides is 1. The van der Waals surface area contributed by atoms with Gasteiger partial charge in [-0.1, -0.05) is 0 Å². The maximum atomic E-state index is 12.4. The molecule has 0 bridgehead atoms. The van der Waals surface area contributed by atoms with Gasteiger partial charge in [0, 0.05) is 11.8 Å². The van der Waals surface area contributed by atoms with Crippen LogP contribution in [-0.4, -0.2) is 10.9 Å². The van der Waals surface area contributed by atoms with E-state index in [0.717, 1.165) is 12.3 Å².